The molecule has 0 aromatic carbocycles. The molecule has 2 unspecified atom stereocenters. The van der Waals surface area contributed by atoms with Gasteiger partial charge in [-0.15, -0.1) is 0 Å². The molecule has 2 heterocycles. The van der Waals surface area contributed by atoms with E-state index in [-0.39, 0.29) is 0 Å². The molecule has 2 atom stereocenters. The summed E-state index contributed by atoms with van der Waals surface area (Å²) in [5.41, 5.74) is -0.638. The smallest absolute Gasteiger partial charge is 0.313 e. The van der Waals surface area contributed by atoms with Gasteiger partial charge in [-0.25, -0.2) is 0 Å². The van der Waals surface area contributed by atoms with Crippen molar-refractivity contribution in [1.82, 2.24) is 4.90 Å². The van der Waals surface area contributed by atoms with Gasteiger partial charge in [-0.05, 0) is 44.6 Å². The molecule has 3 fully saturated rings. The highest BCUT2D eigenvalue weighted by Crippen LogP contribution is 2.38. The first-order valence-corrected chi connectivity index (χ1v) is 7.76. The topological polar surface area (TPSA) is 49.8 Å². The van der Waals surface area contributed by atoms with Gasteiger partial charge in [0.15, 0.2) is 0 Å². The third kappa shape index (κ3) is 2.52. The minimum absolute atomic E-state index is 0.399. The molecule has 3 rings (SSSR count). The van der Waals surface area contributed by atoms with Crippen molar-refractivity contribution in [3.63, 3.8) is 0 Å². The van der Waals surface area contributed by atoms with Crippen LogP contribution in [0.4, 0.5) is 0 Å². The van der Waals surface area contributed by atoms with Gasteiger partial charge in [0.05, 0.1) is 6.61 Å². The number of hydrogen-bond donors (Lipinski definition) is 1. The largest absolute Gasteiger partial charge is 0.481 e. The van der Waals surface area contributed by atoms with Crippen LogP contribution in [0.15, 0.2) is 0 Å². The average Bonchev–Trinajstić information content (AvgIpc) is 3.09. The van der Waals surface area contributed by atoms with Crippen molar-refractivity contribution >= 4 is 5.97 Å². The fourth-order valence-corrected chi connectivity index (χ4v) is 4.28. The van der Waals surface area contributed by atoms with E-state index in [1.165, 1.54) is 38.5 Å². The van der Waals surface area contributed by atoms with Crippen molar-refractivity contribution in [2.45, 2.75) is 51.0 Å². The molecule has 1 saturated carbocycles. The maximum Gasteiger partial charge on any atom is 0.313 e. The lowest BCUT2D eigenvalue weighted by atomic mass is 9.85. The Morgan fingerprint density at radius 2 is 2.05 bits per heavy atom. The molecule has 2 saturated heterocycles. The lowest BCUT2D eigenvalue weighted by molar-refractivity contribution is -0.150. The lowest BCUT2D eigenvalue weighted by Crippen LogP contribution is -2.47. The van der Waals surface area contributed by atoms with Crippen LogP contribution in [0, 0.1) is 11.3 Å². The monoisotopic (exact) mass is 267 g/mol. The Kier molecular flexibility index (Phi) is 3.81. The van der Waals surface area contributed by atoms with Crippen LogP contribution in [0.2, 0.25) is 0 Å². The highest BCUT2D eigenvalue weighted by atomic mass is 16.5. The predicted octanol–water partition coefficient (Wildman–Crippen LogP) is 2.13. The van der Waals surface area contributed by atoms with Crippen molar-refractivity contribution in [3.05, 3.63) is 0 Å². The fraction of sp³-hybridized carbons (Fsp3) is 0.933. The SMILES string of the molecule is O=C(O)C1(CN2CCCC2C2CCCC2)CCOC1. The number of carboxylic acids is 1. The minimum Gasteiger partial charge on any atom is -0.481 e. The second-order valence-electron chi connectivity index (χ2n) is 6.61. The van der Waals surface area contributed by atoms with Crippen LogP contribution in [-0.2, 0) is 9.53 Å². The molecule has 0 radical (unpaired) electrons. The Labute approximate surface area is 115 Å². The number of carbonyl (C=O) groups is 1. The van der Waals surface area contributed by atoms with Gasteiger partial charge in [0.25, 0.3) is 0 Å². The first kappa shape index (κ1) is 13.4. The Morgan fingerprint density at radius 3 is 2.68 bits per heavy atom. The molecule has 0 aromatic heterocycles. The second-order valence-corrected chi connectivity index (χ2v) is 6.61. The fourth-order valence-electron chi connectivity index (χ4n) is 4.28. The maximum absolute atomic E-state index is 11.6. The van der Waals surface area contributed by atoms with E-state index in [9.17, 15) is 9.90 Å². The van der Waals surface area contributed by atoms with E-state index in [4.69, 9.17) is 4.74 Å². The summed E-state index contributed by atoms with van der Waals surface area (Å²) in [6.07, 6.45) is 8.59. The average molecular weight is 267 g/mol. The molecule has 1 N–H and O–H groups in total. The molecule has 2 aliphatic heterocycles. The first-order valence-electron chi connectivity index (χ1n) is 7.76. The molecule has 3 aliphatic rings. The standard InChI is InChI=1S/C15H25NO3/c17-14(18)15(7-9-19-11-15)10-16-8-3-6-13(16)12-4-1-2-5-12/h12-13H,1-11H2,(H,17,18). The molecule has 4 heteroatoms. The normalized spacial score (nSPS) is 37.2. The number of rotatable bonds is 4. The van der Waals surface area contributed by atoms with Gasteiger partial charge in [-0.3, -0.25) is 9.69 Å². The summed E-state index contributed by atoms with van der Waals surface area (Å²) in [5.74, 6) is 0.151. The van der Waals surface area contributed by atoms with E-state index in [1.807, 2.05) is 0 Å². The van der Waals surface area contributed by atoms with Crippen LogP contribution < -0.4 is 0 Å². The van der Waals surface area contributed by atoms with Gasteiger partial charge in [0.1, 0.15) is 5.41 Å². The van der Waals surface area contributed by atoms with E-state index in [1.54, 1.807) is 0 Å². The summed E-state index contributed by atoms with van der Waals surface area (Å²) in [4.78, 5) is 14.1. The minimum atomic E-state index is -0.665. The molecule has 1 aliphatic carbocycles. The van der Waals surface area contributed by atoms with Crippen molar-refractivity contribution in [2.24, 2.45) is 11.3 Å². The first-order chi connectivity index (χ1) is 9.21. The molecule has 4 nitrogen and oxygen atoms in total. The van der Waals surface area contributed by atoms with Crippen molar-refractivity contribution in [3.8, 4) is 0 Å². The molecule has 0 aromatic rings. The molecule has 108 valence electrons. The highest BCUT2D eigenvalue weighted by molar-refractivity contribution is 5.75. The number of aliphatic carboxylic acids is 1. The number of ether oxygens (including phenoxy) is 1. The summed E-state index contributed by atoms with van der Waals surface area (Å²) in [6.45, 7) is 2.78. The Morgan fingerprint density at radius 1 is 1.26 bits per heavy atom. The summed E-state index contributed by atoms with van der Waals surface area (Å²) in [6, 6.07) is 0.638. The maximum atomic E-state index is 11.6. The van der Waals surface area contributed by atoms with E-state index >= 15 is 0 Å². The number of likely N-dealkylation sites (tertiary alicyclic amines) is 1. The van der Waals surface area contributed by atoms with Crippen LogP contribution >= 0.6 is 0 Å². The molecule has 19 heavy (non-hydrogen) atoms. The summed E-state index contributed by atoms with van der Waals surface area (Å²) in [7, 11) is 0. The van der Waals surface area contributed by atoms with Gasteiger partial charge in [0.2, 0.25) is 0 Å². The van der Waals surface area contributed by atoms with Gasteiger partial charge >= 0.3 is 5.97 Å². The second kappa shape index (κ2) is 5.41. The highest BCUT2D eigenvalue weighted by Gasteiger charge is 2.46. The summed E-state index contributed by atoms with van der Waals surface area (Å²) < 4.78 is 5.39. The van der Waals surface area contributed by atoms with E-state index in [0.29, 0.717) is 32.2 Å². The third-order valence-electron chi connectivity index (χ3n) is 5.42. The summed E-state index contributed by atoms with van der Waals surface area (Å²) >= 11 is 0. The molecule has 0 spiro atoms. The predicted molar refractivity (Wildman–Crippen MR) is 72.1 cm³/mol. The van der Waals surface area contributed by atoms with E-state index in [2.05, 4.69) is 4.90 Å². The van der Waals surface area contributed by atoms with Gasteiger partial charge < -0.3 is 9.84 Å². The Bertz CT molecular complexity index is 332. The van der Waals surface area contributed by atoms with Crippen LogP contribution in [0.25, 0.3) is 0 Å². The van der Waals surface area contributed by atoms with Crippen LogP contribution in [0.1, 0.15) is 44.9 Å². The van der Waals surface area contributed by atoms with Gasteiger partial charge in [0, 0.05) is 19.2 Å². The summed E-state index contributed by atoms with van der Waals surface area (Å²) in [5, 5.41) is 9.57. The van der Waals surface area contributed by atoms with Crippen LogP contribution in [-0.4, -0.2) is 48.3 Å². The van der Waals surface area contributed by atoms with Crippen molar-refractivity contribution in [1.29, 1.82) is 0 Å². The van der Waals surface area contributed by atoms with E-state index in [0.717, 1.165) is 12.5 Å². The van der Waals surface area contributed by atoms with Gasteiger partial charge in [-0.1, -0.05) is 12.8 Å². The lowest BCUT2D eigenvalue weighted by Gasteiger charge is -2.35. The zero-order chi connectivity index (χ0) is 13.3. The van der Waals surface area contributed by atoms with E-state index < -0.39 is 11.4 Å². The number of hydrogen-bond acceptors (Lipinski definition) is 3. The Hall–Kier alpha value is -0.610. The van der Waals surface area contributed by atoms with Crippen LogP contribution in [0.5, 0.6) is 0 Å². The molecular weight excluding hydrogens is 242 g/mol. The third-order valence-corrected chi connectivity index (χ3v) is 5.42. The number of carboxylic acid groups (broad SMARTS) is 1. The zero-order valence-corrected chi connectivity index (χ0v) is 11.6. The quantitative estimate of drug-likeness (QED) is 0.848. The van der Waals surface area contributed by atoms with Crippen LogP contribution in [0.3, 0.4) is 0 Å². The van der Waals surface area contributed by atoms with Gasteiger partial charge in [-0.2, -0.15) is 0 Å². The zero-order valence-electron chi connectivity index (χ0n) is 11.6. The molecule has 0 amide bonds. The Balaban J connectivity index is 1.68. The molecular formula is C15H25NO3. The van der Waals surface area contributed by atoms with Crippen molar-refractivity contribution in [2.75, 3.05) is 26.3 Å². The number of nitrogens with zero attached hydrogens (tertiary/aromatic N) is 1. The van der Waals surface area contributed by atoms with Crippen molar-refractivity contribution < 1.29 is 14.6 Å². The molecule has 0 bridgehead atoms.